The second-order valence-corrected chi connectivity index (χ2v) is 7.33. The number of nitro benzene ring substituents is 2. The zero-order chi connectivity index (χ0) is 31.9. The van der Waals surface area contributed by atoms with E-state index in [-0.39, 0.29) is 34.0 Å². The molecule has 2 rings (SSSR count). The van der Waals surface area contributed by atoms with Gasteiger partial charge in [0.15, 0.2) is 6.29 Å². The van der Waals surface area contributed by atoms with Crippen LogP contribution in [0.5, 0.6) is 11.5 Å². The number of ether oxygens (including phenoxy) is 4. The molecule has 0 bridgehead atoms. The van der Waals surface area contributed by atoms with Gasteiger partial charge in [-0.2, -0.15) is 0 Å². The number of phenolic OH excluding ortho intramolecular Hbond substituents is 1. The Bertz CT molecular complexity index is 1310. The highest BCUT2D eigenvalue weighted by Gasteiger charge is 2.26. The number of hydrogen-bond acceptors (Lipinski definition) is 15. The van der Waals surface area contributed by atoms with Gasteiger partial charge in [-0.3, -0.25) is 49.0 Å². The van der Waals surface area contributed by atoms with Gasteiger partial charge in [-0.15, -0.1) is 0 Å². The van der Waals surface area contributed by atoms with Gasteiger partial charge in [0, 0.05) is 58.9 Å². The quantitative estimate of drug-likeness (QED) is 0.0940. The summed E-state index contributed by atoms with van der Waals surface area (Å²) in [7, 11) is 0. The third-order valence-corrected chi connectivity index (χ3v) is 3.89. The minimum atomic E-state index is -1.57. The van der Waals surface area contributed by atoms with Crippen LogP contribution in [0.1, 0.15) is 56.8 Å². The Kier molecular flexibility index (Phi) is 14.6. The molecule has 0 aliphatic heterocycles. The Balaban J connectivity index is 0.000000699. The van der Waals surface area contributed by atoms with Crippen LogP contribution in [0, 0.1) is 20.2 Å². The fraction of sp³-hybridized carbons (Fsp3) is 0.250. The highest BCUT2D eigenvalue weighted by Crippen LogP contribution is 2.32. The van der Waals surface area contributed by atoms with Crippen LogP contribution in [0.25, 0.3) is 0 Å². The molecule has 220 valence electrons. The first-order valence-corrected chi connectivity index (χ1v) is 10.9. The minimum Gasteiger partial charge on any atom is -0.507 e. The van der Waals surface area contributed by atoms with Crippen molar-refractivity contribution in [1.82, 2.24) is 0 Å². The van der Waals surface area contributed by atoms with E-state index in [1.165, 1.54) is 13.8 Å². The number of nitro groups is 2. The van der Waals surface area contributed by atoms with E-state index in [0.717, 1.165) is 57.2 Å². The molecule has 0 aliphatic carbocycles. The Labute approximate surface area is 230 Å². The lowest BCUT2D eigenvalue weighted by molar-refractivity contribution is -0.385. The number of esters is 5. The van der Waals surface area contributed by atoms with Gasteiger partial charge in [-0.05, 0) is 12.1 Å². The largest absolute Gasteiger partial charge is 0.507 e. The van der Waals surface area contributed by atoms with Crippen LogP contribution < -0.4 is 4.74 Å². The van der Waals surface area contributed by atoms with Gasteiger partial charge in [0.1, 0.15) is 11.5 Å². The number of aldehydes is 1. The summed E-state index contributed by atoms with van der Waals surface area (Å²) >= 11 is 0. The van der Waals surface area contributed by atoms with Crippen molar-refractivity contribution in [2.75, 3.05) is 0 Å². The summed E-state index contributed by atoms with van der Waals surface area (Å²) in [5, 5.41) is 30.0. The molecule has 0 fully saturated rings. The van der Waals surface area contributed by atoms with Gasteiger partial charge in [0.05, 0.1) is 21.0 Å². The van der Waals surface area contributed by atoms with Crippen molar-refractivity contribution in [2.45, 2.75) is 40.9 Å². The molecular weight excluding hydrogens is 556 g/mol. The third kappa shape index (κ3) is 14.1. The van der Waals surface area contributed by atoms with Crippen molar-refractivity contribution < 1.29 is 62.7 Å². The van der Waals surface area contributed by atoms with E-state index in [2.05, 4.69) is 4.74 Å². The van der Waals surface area contributed by atoms with Crippen molar-refractivity contribution in [3.05, 3.63) is 67.8 Å². The maximum atomic E-state index is 11.1. The van der Waals surface area contributed by atoms with Crippen molar-refractivity contribution in [3.8, 4) is 11.5 Å². The third-order valence-electron chi connectivity index (χ3n) is 3.89. The number of phenols is 1. The van der Waals surface area contributed by atoms with Gasteiger partial charge < -0.3 is 24.1 Å². The van der Waals surface area contributed by atoms with E-state index in [1.807, 2.05) is 0 Å². The zero-order valence-corrected chi connectivity index (χ0v) is 22.2. The molecule has 0 radical (unpaired) electrons. The van der Waals surface area contributed by atoms with Crippen LogP contribution in [0.2, 0.25) is 0 Å². The molecule has 0 aromatic heterocycles. The van der Waals surface area contributed by atoms with E-state index in [0.29, 0.717) is 6.29 Å². The summed E-state index contributed by atoms with van der Waals surface area (Å²) in [6, 6.07) is 6.50. The molecule has 0 saturated carbocycles. The summed E-state index contributed by atoms with van der Waals surface area (Å²) in [4.78, 5) is 82.8. The predicted octanol–water partition coefficient (Wildman–Crippen LogP) is 2.85. The number of nitrogens with zero attached hydrogens (tertiary/aromatic N) is 2. The molecular formula is C24H24N2O15. The molecule has 17 nitrogen and oxygen atoms in total. The first-order chi connectivity index (χ1) is 19.0. The lowest BCUT2D eigenvalue weighted by Gasteiger charge is -2.19. The second kappa shape index (κ2) is 17.0. The topological polar surface area (TPSA) is 246 Å². The minimum absolute atomic E-state index is 0.0794. The number of rotatable bonds is 7. The van der Waals surface area contributed by atoms with Crippen LogP contribution >= 0.6 is 0 Å². The molecule has 0 heterocycles. The van der Waals surface area contributed by atoms with E-state index in [4.69, 9.17) is 19.3 Å². The Morgan fingerprint density at radius 1 is 0.756 bits per heavy atom. The van der Waals surface area contributed by atoms with Gasteiger partial charge in [0.25, 0.3) is 17.7 Å². The lowest BCUT2D eigenvalue weighted by Crippen LogP contribution is -2.17. The summed E-state index contributed by atoms with van der Waals surface area (Å²) < 4.78 is 18.5. The average Bonchev–Trinajstić information content (AvgIpc) is 2.83. The first-order valence-electron chi connectivity index (χ1n) is 10.9. The normalized spacial score (nSPS) is 9.41. The Morgan fingerprint density at radius 2 is 1.22 bits per heavy atom. The van der Waals surface area contributed by atoms with Crippen LogP contribution in [-0.2, 0) is 38.2 Å². The van der Waals surface area contributed by atoms with Crippen molar-refractivity contribution in [1.29, 1.82) is 0 Å². The number of aromatic hydroxyl groups is 1. The first kappa shape index (κ1) is 35.3. The van der Waals surface area contributed by atoms with Crippen molar-refractivity contribution in [3.63, 3.8) is 0 Å². The molecule has 0 aliphatic rings. The molecule has 17 heteroatoms. The van der Waals surface area contributed by atoms with Crippen molar-refractivity contribution >= 4 is 47.5 Å². The van der Waals surface area contributed by atoms with E-state index in [9.17, 15) is 49.0 Å². The number of hydrogen-bond donors (Lipinski definition) is 1. The zero-order valence-electron chi connectivity index (χ0n) is 22.2. The molecule has 2 aromatic rings. The standard InChI is InChI=1S/C13H13NO8.C7H5NO4.C4H6O3/c1-7(15)20-12-5-4-10(14(18)19)6-11(12)13(21-8(2)16)22-9(3)17;9-4-5-3-6(8(11)12)1-2-7(5)10;1-3(5)7-4(2)6/h4-6,13H,1-3H3;1-4,10H;1-2H3. The van der Waals surface area contributed by atoms with E-state index >= 15 is 0 Å². The van der Waals surface area contributed by atoms with Gasteiger partial charge >= 0.3 is 29.8 Å². The van der Waals surface area contributed by atoms with Crippen LogP contribution in [0.3, 0.4) is 0 Å². The van der Waals surface area contributed by atoms with Gasteiger partial charge in [0.2, 0.25) is 0 Å². The maximum Gasteiger partial charge on any atom is 0.310 e. The molecule has 41 heavy (non-hydrogen) atoms. The molecule has 0 amide bonds. The summed E-state index contributed by atoms with van der Waals surface area (Å²) in [6.07, 6.45) is -1.20. The maximum absolute atomic E-state index is 11.1. The summed E-state index contributed by atoms with van der Waals surface area (Å²) in [6.45, 7) is 5.62. The number of benzene rings is 2. The number of carbonyl (C=O) groups is 6. The lowest BCUT2D eigenvalue weighted by atomic mass is 10.1. The highest BCUT2D eigenvalue weighted by atomic mass is 16.7. The molecule has 0 atom stereocenters. The molecule has 1 N–H and O–H groups in total. The van der Waals surface area contributed by atoms with Crippen LogP contribution in [0.4, 0.5) is 11.4 Å². The van der Waals surface area contributed by atoms with Crippen LogP contribution in [-0.4, -0.2) is 51.1 Å². The van der Waals surface area contributed by atoms with Crippen LogP contribution in [0.15, 0.2) is 36.4 Å². The predicted molar refractivity (Wildman–Crippen MR) is 133 cm³/mol. The smallest absolute Gasteiger partial charge is 0.310 e. The number of carbonyl (C=O) groups excluding carboxylic acids is 6. The Hall–Kier alpha value is -5.74. The molecule has 0 unspecified atom stereocenters. The van der Waals surface area contributed by atoms with Gasteiger partial charge in [-0.25, -0.2) is 0 Å². The molecule has 2 aromatic carbocycles. The van der Waals surface area contributed by atoms with Gasteiger partial charge in [-0.1, -0.05) is 0 Å². The molecule has 0 spiro atoms. The molecule has 0 saturated heterocycles. The summed E-state index contributed by atoms with van der Waals surface area (Å²) in [5.41, 5.74) is -0.774. The number of non-ortho nitro benzene ring substituents is 2. The fourth-order valence-electron chi connectivity index (χ4n) is 2.49. The van der Waals surface area contributed by atoms with E-state index in [1.54, 1.807) is 0 Å². The summed E-state index contributed by atoms with van der Waals surface area (Å²) in [5.74, 6) is -3.77. The average molecular weight is 580 g/mol. The van der Waals surface area contributed by atoms with E-state index < -0.39 is 46.0 Å². The SMILES string of the molecule is CC(=O)OC(C)=O.CC(=O)Oc1ccc([N+](=O)[O-])cc1C(OC(C)=O)OC(C)=O.O=Cc1cc([N+](=O)[O-])ccc1O. The van der Waals surface area contributed by atoms with Crippen molar-refractivity contribution in [2.24, 2.45) is 0 Å². The fourth-order valence-corrected chi connectivity index (χ4v) is 2.49. The monoisotopic (exact) mass is 580 g/mol. The Morgan fingerprint density at radius 3 is 1.59 bits per heavy atom. The highest BCUT2D eigenvalue weighted by molar-refractivity contribution is 5.82. The second-order valence-electron chi connectivity index (χ2n) is 7.33.